The number of piperidine rings is 1. The topological polar surface area (TPSA) is 89.5 Å². The largest absolute Gasteiger partial charge is 0.378 e. The maximum Gasteiger partial charge on any atom is 0.276 e. The van der Waals surface area contributed by atoms with Gasteiger partial charge in [-0.15, -0.1) is 0 Å². The standard InChI is InChI=1S/C23H28N6O3/c1-16-19(14-28-10-4-9-25-28)21(26-32-16)23(30)27-11-6-18(7-12-27)29-15-20(31-2)22(29)17-5-3-8-24-13-17/h3-5,8-10,13,18,20,22H,6-7,11-12,14-15H2,1-2H3/t20-,22-/m0/s1. The lowest BCUT2D eigenvalue weighted by Crippen LogP contribution is -2.60. The molecule has 2 aliphatic rings. The fourth-order valence-corrected chi connectivity index (χ4v) is 4.89. The predicted octanol–water partition coefficient (Wildman–Crippen LogP) is 2.30. The van der Waals surface area contributed by atoms with Crippen LogP contribution in [0.2, 0.25) is 0 Å². The highest BCUT2D eigenvalue weighted by molar-refractivity contribution is 5.93. The number of likely N-dealkylation sites (tertiary alicyclic amines) is 2. The molecule has 3 aromatic heterocycles. The van der Waals surface area contributed by atoms with Crippen LogP contribution in [0.25, 0.3) is 0 Å². The lowest BCUT2D eigenvalue weighted by molar-refractivity contribution is -0.115. The van der Waals surface area contributed by atoms with E-state index in [0.29, 0.717) is 37.1 Å². The highest BCUT2D eigenvalue weighted by atomic mass is 16.5. The van der Waals surface area contributed by atoms with Gasteiger partial charge in [0, 0.05) is 63.1 Å². The molecule has 9 heteroatoms. The van der Waals surface area contributed by atoms with Crippen LogP contribution in [0.5, 0.6) is 0 Å². The average Bonchev–Trinajstić information content (AvgIpc) is 3.45. The second-order valence-electron chi connectivity index (χ2n) is 8.50. The number of ether oxygens (including phenoxy) is 1. The van der Waals surface area contributed by atoms with Crippen molar-refractivity contribution >= 4 is 5.91 Å². The molecule has 2 fully saturated rings. The maximum absolute atomic E-state index is 13.2. The van der Waals surface area contributed by atoms with Gasteiger partial charge in [0.25, 0.3) is 5.91 Å². The van der Waals surface area contributed by atoms with Crippen molar-refractivity contribution in [2.24, 2.45) is 0 Å². The Hall–Kier alpha value is -3.04. The molecule has 5 heterocycles. The quantitative estimate of drug-likeness (QED) is 0.586. The zero-order valence-corrected chi connectivity index (χ0v) is 18.4. The third-order valence-electron chi connectivity index (χ3n) is 6.72. The molecule has 0 aromatic carbocycles. The molecular formula is C23H28N6O3. The van der Waals surface area contributed by atoms with Crippen LogP contribution < -0.4 is 0 Å². The first-order valence-corrected chi connectivity index (χ1v) is 11.1. The van der Waals surface area contributed by atoms with Crippen LogP contribution in [0, 0.1) is 6.92 Å². The number of hydrogen-bond donors (Lipinski definition) is 0. The summed E-state index contributed by atoms with van der Waals surface area (Å²) in [4.78, 5) is 21.9. The van der Waals surface area contributed by atoms with Gasteiger partial charge in [-0.1, -0.05) is 11.2 Å². The third kappa shape index (κ3) is 3.82. The zero-order valence-electron chi connectivity index (χ0n) is 18.4. The minimum absolute atomic E-state index is 0.0651. The van der Waals surface area contributed by atoms with Crippen molar-refractivity contribution in [3.63, 3.8) is 0 Å². The number of nitrogens with zero attached hydrogens (tertiary/aromatic N) is 6. The number of carbonyl (C=O) groups excluding carboxylic acids is 1. The van der Waals surface area contributed by atoms with E-state index in [2.05, 4.69) is 26.2 Å². The molecule has 5 rings (SSSR count). The second-order valence-corrected chi connectivity index (χ2v) is 8.50. The minimum atomic E-state index is -0.0651. The van der Waals surface area contributed by atoms with E-state index in [0.717, 1.165) is 24.9 Å². The summed E-state index contributed by atoms with van der Waals surface area (Å²) in [5.41, 5.74) is 2.38. The SMILES string of the molecule is CO[C@H]1CN(C2CCN(C(=O)c3noc(C)c3Cn3cccn3)CC2)[C@H]1c1cccnc1. The molecule has 0 bridgehead atoms. The van der Waals surface area contributed by atoms with E-state index in [9.17, 15) is 4.79 Å². The fraction of sp³-hybridized carbons (Fsp3) is 0.478. The minimum Gasteiger partial charge on any atom is -0.378 e. The number of aryl methyl sites for hydroxylation is 1. The Bertz CT molecular complexity index is 1040. The van der Waals surface area contributed by atoms with Crippen LogP contribution in [0.4, 0.5) is 0 Å². The highest BCUT2D eigenvalue weighted by Gasteiger charge is 2.45. The molecule has 1 amide bonds. The zero-order chi connectivity index (χ0) is 22.1. The molecule has 0 unspecified atom stereocenters. The van der Waals surface area contributed by atoms with Crippen molar-refractivity contribution in [2.75, 3.05) is 26.7 Å². The van der Waals surface area contributed by atoms with E-state index in [1.54, 1.807) is 24.2 Å². The van der Waals surface area contributed by atoms with Gasteiger partial charge in [0.2, 0.25) is 0 Å². The summed E-state index contributed by atoms with van der Waals surface area (Å²) < 4.78 is 12.8. The van der Waals surface area contributed by atoms with Crippen LogP contribution in [-0.4, -0.2) is 74.5 Å². The summed E-state index contributed by atoms with van der Waals surface area (Å²) in [5.74, 6) is 0.592. The normalized spacial score (nSPS) is 22.1. The van der Waals surface area contributed by atoms with Gasteiger partial charge in [0.15, 0.2) is 5.69 Å². The summed E-state index contributed by atoms with van der Waals surface area (Å²) in [6.45, 7) is 4.61. The van der Waals surface area contributed by atoms with Gasteiger partial charge in [0.05, 0.1) is 18.7 Å². The Kier molecular flexibility index (Phi) is 5.75. The van der Waals surface area contributed by atoms with Gasteiger partial charge >= 0.3 is 0 Å². The summed E-state index contributed by atoms with van der Waals surface area (Å²) >= 11 is 0. The Morgan fingerprint density at radius 2 is 2.09 bits per heavy atom. The molecule has 0 radical (unpaired) electrons. The molecule has 0 saturated carbocycles. The molecule has 0 spiro atoms. The summed E-state index contributed by atoms with van der Waals surface area (Å²) in [5, 5.41) is 8.32. The van der Waals surface area contributed by atoms with Gasteiger partial charge in [-0.3, -0.25) is 19.4 Å². The van der Waals surface area contributed by atoms with Crippen molar-refractivity contribution in [3.05, 3.63) is 65.6 Å². The van der Waals surface area contributed by atoms with Crippen molar-refractivity contribution in [1.29, 1.82) is 0 Å². The van der Waals surface area contributed by atoms with Gasteiger partial charge in [-0.2, -0.15) is 5.10 Å². The van der Waals surface area contributed by atoms with Gasteiger partial charge < -0.3 is 14.2 Å². The summed E-state index contributed by atoms with van der Waals surface area (Å²) in [6.07, 6.45) is 9.33. The first-order chi connectivity index (χ1) is 15.7. The average molecular weight is 437 g/mol. The number of amides is 1. The Morgan fingerprint density at radius 1 is 1.25 bits per heavy atom. The van der Waals surface area contributed by atoms with Crippen LogP contribution in [0.1, 0.15) is 46.3 Å². The van der Waals surface area contributed by atoms with Crippen LogP contribution >= 0.6 is 0 Å². The molecule has 3 aromatic rings. The molecule has 2 atom stereocenters. The Labute approximate surface area is 187 Å². The smallest absolute Gasteiger partial charge is 0.276 e. The van der Waals surface area contributed by atoms with E-state index in [-0.39, 0.29) is 18.1 Å². The molecule has 2 saturated heterocycles. The second kappa shape index (κ2) is 8.84. The van der Waals surface area contributed by atoms with Gasteiger partial charge in [-0.05, 0) is 37.5 Å². The fourth-order valence-electron chi connectivity index (χ4n) is 4.89. The first-order valence-electron chi connectivity index (χ1n) is 11.1. The molecule has 0 N–H and O–H groups in total. The monoisotopic (exact) mass is 436 g/mol. The highest BCUT2D eigenvalue weighted by Crippen LogP contribution is 2.39. The summed E-state index contributed by atoms with van der Waals surface area (Å²) in [6, 6.07) is 6.58. The van der Waals surface area contributed by atoms with Crippen molar-refractivity contribution in [3.8, 4) is 0 Å². The van der Waals surface area contributed by atoms with Gasteiger partial charge in [0.1, 0.15) is 5.76 Å². The van der Waals surface area contributed by atoms with Crippen molar-refractivity contribution < 1.29 is 14.1 Å². The van der Waals surface area contributed by atoms with E-state index >= 15 is 0 Å². The van der Waals surface area contributed by atoms with Crippen LogP contribution in [-0.2, 0) is 11.3 Å². The van der Waals surface area contributed by atoms with Crippen molar-refractivity contribution in [1.82, 2.24) is 29.7 Å². The molecule has 9 nitrogen and oxygen atoms in total. The van der Waals surface area contributed by atoms with E-state index < -0.39 is 0 Å². The number of aromatic nitrogens is 4. The van der Waals surface area contributed by atoms with Crippen LogP contribution in [0.15, 0.2) is 47.5 Å². The van der Waals surface area contributed by atoms with E-state index in [1.165, 1.54) is 5.56 Å². The molecule has 168 valence electrons. The van der Waals surface area contributed by atoms with Crippen molar-refractivity contribution in [2.45, 2.75) is 44.5 Å². The predicted molar refractivity (Wildman–Crippen MR) is 116 cm³/mol. The number of rotatable bonds is 6. The summed E-state index contributed by atoms with van der Waals surface area (Å²) in [7, 11) is 1.77. The lowest BCUT2D eigenvalue weighted by Gasteiger charge is -2.52. The number of pyridine rings is 1. The van der Waals surface area contributed by atoms with E-state index in [4.69, 9.17) is 9.26 Å². The number of carbonyl (C=O) groups is 1. The third-order valence-corrected chi connectivity index (χ3v) is 6.72. The lowest BCUT2D eigenvalue weighted by atomic mass is 9.87. The number of hydrogen-bond acceptors (Lipinski definition) is 7. The molecular weight excluding hydrogens is 408 g/mol. The molecule has 32 heavy (non-hydrogen) atoms. The molecule has 0 aliphatic carbocycles. The van der Waals surface area contributed by atoms with Gasteiger partial charge in [-0.25, -0.2) is 0 Å². The molecule has 2 aliphatic heterocycles. The first kappa shape index (κ1) is 20.8. The van der Waals surface area contributed by atoms with Crippen LogP contribution in [0.3, 0.4) is 0 Å². The van der Waals surface area contributed by atoms with E-state index in [1.807, 2.05) is 36.4 Å². The number of methoxy groups -OCH3 is 1. The Morgan fingerprint density at radius 3 is 2.78 bits per heavy atom. The Balaban J connectivity index is 1.24. The maximum atomic E-state index is 13.2.